The molecule has 0 saturated heterocycles. The molecule has 56 valence electrons. The predicted molar refractivity (Wildman–Crippen MR) is 43.9 cm³/mol. The summed E-state index contributed by atoms with van der Waals surface area (Å²) in [5, 5.41) is 0. The van der Waals surface area contributed by atoms with Gasteiger partial charge >= 0.3 is 0 Å². The lowest BCUT2D eigenvalue weighted by atomic mass is 10.2. The number of likely N-dealkylation sites (N-methyl/N-ethyl adjacent to an activating group) is 1. The molecule has 0 bridgehead atoms. The SMILES string of the molecule is C[C@@H]1N=CC=NC1N(C)C. The van der Waals surface area contributed by atoms with Gasteiger partial charge in [-0.3, -0.25) is 14.9 Å². The molecule has 0 aromatic heterocycles. The fourth-order valence-electron chi connectivity index (χ4n) is 1.07. The van der Waals surface area contributed by atoms with Gasteiger partial charge in [-0.05, 0) is 21.0 Å². The molecule has 0 radical (unpaired) electrons. The second-order valence-corrected chi connectivity index (χ2v) is 2.71. The van der Waals surface area contributed by atoms with E-state index in [0.29, 0.717) is 6.04 Å². The summed E-state index contributed by atoms with van der Waals surface area (Å²) in [6.07, 6.45) is 3.74. The van der Waals surface area contributed by atoms with E-state index in [9.17, 15) is 0 Å². The summed E-state index contributed by atoms with van der Waals surface area (Å²) in [5.41, 5.74) is 0. The standard InChI is InChI=1S/C7H13N3/c1-6-7(10(2)3)9-5-4-8-6/h4-7H,1-3H3/t6-,7?/m0/s1. The Hall–Kier alpha value is -0.700. The zero-order valence-electron chi connectivity index (χ0n) is 6.65. The highest BCUT2D eigenvalue weighted by molar-refractivity contribution is 6.16. The molecule has 0 fully saturated rings. The van der Waals surface area contributed by atoms with E-state index in [1.54, 1.807) is 12.4 Å². The molecule has 1 aliphatic rings. The molecule has 1 aliphatic heterocycles. The third-order valence-electron chi connectivity index (χ3n) is 1.59. The second-order valence-electron chi connectivity index (χ2n) is 2.71. The monoisotopic (exact) mass is 139 g/mol. The Labute approximate surface area is 61.5 Å². The lowest BCUT2D eigenvalue weighted by Crippen LogP contribution is -2.36. The lowest BCUT2D eigenvalue weighted by molar-refractivity contribution is 0.271. The van der Waals surface area contributed by atoms with E-state index >= 15 is 0 Å². The van der Waals surface area contributed by atoms with Gasteiger partial charge < -0.3 is 0 Å². The van der Waals surface area contributed by atoms with Gasteiger partial charge in [0.25, 0.3) is 0 Å². The fraction of sp³-hybridized carbons (Fsp3) is 0.714. The van der Waals surface area contributed by atoms with Crippen LogP contribution in [0.1, 0.15) is 6.92 Å². The van der Waals surface area contributed by atoms with Gasteiger partial charge in [-0.25, -0.2) is 0 Å². The van der Waals surface area contributed by atoms with Crippen LogP contribution in [0.2, 0.25) is 0 Å². The molecule has 1 unspecified atom stereocenters. The first-order chi connectivity index (χ1) is 4.72. The van der Waals surface area contributed by atoms with Crippen LogP contribution in [0.15, 0.2) is 9.98 Å². The Morgan fingerprint density at radius 3 is 2.20 bits per heavy atom. The van der Waals surface area contributed by atoms with Gasteiger partial charge in [-0.15, -0.1) is 0 Å². The zero-order valence-corrected chi connectivity index (χ0v) is 6.65. The molecule has 2 atom stereocenters. The van der Waals surface area contributed by atoms with E-state index in [-0.39, 0.29) is 6.17 Å². The van der Waals surface area contributed by atoms with E-state index < -0.39 is 0 Å². The molecule has 1 heterocycles. The van der Waals surface area contributed by atoms with Crippen LogP contribution in [0.5, 0.6) is 0 Å². The number of rotatable bonds is 1. The van der Waals surface area contributed by atoms with Crippen molar-refractivity contribution < 1.29 is 0 Å². The Morgan fingerprint density at radius 2 is 1.80 bits per heavy atom. The van der Waals surface area contributed by atoms with E-state index in [4.69, 9.17) is 0 Å². The van der Waals surface area contributed by atoms with Crippen LogP contribution in [-0.2, 0) is 0 Å². The minimum atomic E-state index is 0.227. The molecule has 0 N–H and O–H groups in total. The number of hydrogen-bond acceptors (Lipinski definition) is 3. The Balaban J connectivity index is 2.61. The lowest BCUT2D eigenvalue weighted by Gasteiger charge is -2.25. The van der Waals surface area contributed by atoms with Gasteiger partial charge in [0.15, 0.2) is 0 Å². The number of aliphatic imine (C=N–C) groups is 2. The van der Waals surface area contributed by atoms with Crippen LogP contribution in [0.25, 0.3) is 0 Å². The topological polar surface area (TPSA) is 28.0 Å². The molecular formula is C7H13N3. The summed E-state index contributed by atoms with van der Waals surface area (Å²) < 4.78 is 0. The average molecular weight is 139 g/mol. The second kappa shape index (κ2) is 2.92. The van der Waals surface area contributed by atoms with E-state index in [1.807, 2.05) is 14.1 Å². The van der Waals surface area contributed by atoms with Crippen molar-refractivity contribution in [2.75, 3.05) is 14.1 Å². The molecular weight excluding hydrogens is 126 g/mol. The molecule has 0 saturated carbocycles. The quantitative estimate of drug-likeness (QED) is 0.517. The summed E-state index contributed by atoms with van der Waals surface area (Å²) in [6.45, 7) is 2.07. The van der Waals surface area contributed by atoms with E-state index in [1.165, 1.54) is 0 Å². The molecule has 3 nitrogen and oxygen atoms in total. The Morgan fingerprint density at radius 1 is 1.20 bits per heavy atom. The summed E-state index contributed by atoms with van der Waals surface area (Å²) in [5.74, 6) is 0. The molecule has 10 heavy (non-hydrogen) atoms. The third kappa shape index (κ3) is 1.42. The van der Waals surface area contributed by atoms with Crippen LogP contribution < -0.4 is 0 Å². The predicted octanol–water partition coefficient (Wildman–Crippen LogP) is 0.418. The maximum atomic E-state index is 4.26. The zero-order chi connectivity index (χ0) is 7.56. The number of nitrogens with zero attached hydrogens (tertiary/aromatic N) is 3. The van der Waals surface area contributed by atoms with Crippen LogP contribution in [0, 0.1) is 0 Å². The van der Waals surface area contributed by atoms with E-state index in [2.05, 4.69) is 21.8 Å². The summed E-state index contributed by atoms with van der Waals surface area (Å²) in [4.78, 5) is 10.5. The fourth-order valence-corrected chi connectivity index (χ4v) is 1.07. The average Bonchev–Trinajstić information content (AvgIpc) is 1.88. The highest BCUT2D eigenvalue weighted by atomic mass is 15.2. The maximum Gasteiger partial charge on any atom is 0.124 e. The van der Waals surface area contributed by atoms with Crippen molar-refractivity contribution in [3.8, 4) is 0 Å². The van der Waals surface area contributed by atoms with Gasteiger partial charge in [0.05, 0.1) is 6.04 Å². The Kier molecular flexibility index (Phi) is 2.17. The van der Waals surface area contributed by atoms with Crippen LogP contribution in [0.4, 0.5) is 0 Å². The van der Waals surface area contributed by atoms with Crippen molar-refractivity contribution in [1.82, 2.24) is 4.90 Å². The van der Waals surface area contributed by atoms with Crippen LogP contribution in [-0.4, -0.2) is 43.6 Å². The van der Waals surface area contributed by atoms with Gasteiger partial charge in [0.2, 0.25) is 0 Å². The summed E-state index contributed by atoms with van der Waals surface area (Å²) in [7, 11) is 4.03. The van der Waals surface area contributed by atoms with Crippen molar-refractivity contribution in [3.63, 3.8) is 0 Å². The van der Waals surface area contributed by atoms with Gasteiger partial charge in [-0.2, -0.15) is 0 Å². The summed E-state index contributed by atoms with van der Waals surface area (Å²) >= 11 is 0. The molecule has 1 rings (SSSR count). The van der Waals surface area contributed by atoms with Gasteiger partial charge in [-0.1, -0.05) is 0 Å². The summed E-state index contributed by atoms with van der Waals surface area (Å²) in [6, 6.07) is 0.292. The normalized spacial score (nSPS) is 31.6. The van der Waals surface area contributed by atoms with Crippen molar-refractivity contribution in [3.05, 3.63) is 0 Å². The Bertz CT molecular complexity index is 160. The van der Waals surface area contributed by atoms with Crippen LogP contribution >= 0.6 is 0 Å². The van der Waals surface area contributed by atoms with Crippen molar-refractivity contribution >= 4 is 12.4 Å². The maximum absolute atomic E-state index is 4.26. The molecule has 0 amide bonds. The van der Waals surface area contributed by atoms with Gasteiger partial charge in [0, 0.05) is 12.4 Å². The molecule has 0 aliphatic carbocycles. The highest BCUT2D eigenvalue weighted by Gasteiger charge is 2.17. The largest absolute Gasteiger partial charge is 0.286 e. The molecule has 3 heteroatoms. The van der Waals surface area contributed by atoms with Crippen molar-refractivity contribution in [2.45, 2.75) is 19.1 Å². The minimum absolute atomic E-state index is 0.227. The highest BCUT2D eigenvalue weighted by Crippen LogP contribution is 2.06. The first kappa shape index (κ1) is 7.41. The number of hydrogen-bond donors (Lipinski definition) is 0. The third-order valence-corrected chi connectivity index (χ3v) is 1.59. The minimum Gasteiger partial charge on any atom is -0.286 e. The molecule has 0 aromatic carbocycles. The van der Waals surface area contributed by atoms with Crippen LogP contribution in [0.3, 0.4) is 0 Å². The van der Waals surface area contributed by atoms with Gasteiger partial charge in [0.1, 0.15) is 6.17 Å². The van der Waals surface area contributed by atoms with E-state index in [0.717, 1.165) is 0 Å². The molecule has 0 aromatic rings. The first-order valence-corrected chi connectivity index (χ1v) is 3.43. The van der Waals surface area contributed by atoms with Crippen molar-refractivity contribution in [2.24, 2.45) is 9.98 Å². The first-order valence-electron chi connectivity index (χ1n) is 3.43. The molecule has 0 spiro atoms. The van der Waals surface area contributed by atoms with Crippen molar-refractivity contribution in [1.29, 1.82) is 0 Å². The smallest absolute Gasteiger partial charge is 0.124 e.